The Hall–Kier alpha value is -2.18. The number of fused-ring (bicyclic) bond motifs is 1. The van der Waals surface area contributed by atoms with Crippen LogP contribution in [0.2, 0.25) is 0 Å². The molecule has 0 fully saturated rings. The summed E-state index contributed by atoms with van der Waals surface area (Å²) in [5, 5.41) is 9.36. The van der Waals surface area contributed by atoms with Gasteiger partial charge < -0.3 is 5.11 Å². The first-order valence-corrected chi connectivity index (χ1v) is 8.15. The van der Waals surface area contributed by atoms with Crippen LogP contribution in [0.1, 0.15) is 12.5 Å². The Morgan fingerprint density at radius 3 is 2.20 bits per heavy atom. The van der Waals surface area contributed by atoms with Gasteiger partial charge in [0.15, 0.2) is 0 Å². The minimum absolute atomic E-state index is 0.0474. The number of halogens is 2. The first-order valence-electron chi connectivity index (χ1n) is 6.76. The van der Waals surface area contributed by atoms with Gasteiger partial charge in [0.25, 0.3) is 0 Å². The Bertz CT molecular complexity index is 855. The van der Waals surface area contributed by atoms with Crippen LogP contribution in [0.5, 0.6) is 0 Å². The highest BCUT2D eigenvalue weighted by atomic mass is 32.2. The molecular formula is C14H17F2N3O5S. The summed E-state index contributed by atoms with van der Waals surface area (Å²) in [5.74, 6) is 6.18. The van der Waals surface area contributed by atoms with E-state index in [9.17, 15) is 22.0 Å². The van der Waals surface area contributed by atoms with Crippen LogP contribution in [0.3, 0.4) is 0 Å². The molecule has 11 heteroatoms. The third-order valence-corrected chi connectivity index (χ3v) is 4.39. The van der Waals surface area contributed by atoms with Crippen molar-refractivity contribution >= 4 is 27.0 Å². The Kier molecular flexibility index (Phi) is 6.51. The molecule has 0 radical (unpaired) electrons. The molecule has 0 aliphatic heterocycles. The van der Waals surface area contributed by atoms with E-state index in [1.807, 2.05) is 0 Å². The lowest BCUT2D eigenvalue weighted by molar-refractivity contribution is -0.160. The van der Waals surface area contributed by atoms with Crippen molar-refractivity contribution in [2.24, 2.45) is 11.7 Å². The summed E-state index contributed by atoms with van der Waals surface area (Å²) in [4.78, 5) is 11.0. The first-order chi connectivity index (χ1) is 11.6. The van der Waals surface area contributed by atoms with Gasteiger partial charge in [0.05, 0.1) is 0 Å². The van der Waals surface area contributed by atoms with Gasteiger partial charge in [-0.3, -0.25) is 21.0 Å². The summed E-state index contributed by atoms with van der Waals surface area (Å²) in [7, 11) is -5.48. The molecule has 6 N–H and O–H groups in total. The van der Waals surface area contributed by atoms with Crippen molar-refractivity contribution in [1.29, 1.82) is 0 Å². The molecule has 0 aromatic heterocycles. The van der Waals surface area contributed by atoms with E-state index in [1.54, 1.807) is 18.2 Å². The van der Waals surface area contributed by atoms with Gasteiger partial charge in [-0.05, 0) is 17.7 Å². The second-order valence-electron chi connectivity index (χ2n) is 4.86. The fourth-order valence-corrected chi connectivity index (χ4v) is 3.17. The predicted octanol–water partition coefficient (Wildman–Crippen LogP) is 1.29. The molecule has 0 aliphatic rings. The number of alkyl halides is 2. The van der Waals surface area contributed by atoms with Gasteiger partial charge in [0, 0.05) is 5.56 Å². The van der Waals surface area contributed by atoms with Gasteiger partial charge in [-0.1, -0.05) is 46.8 Å². The molecule has 1 atom stereocenters. The summed E-state index contributed by atoms with van der Waals surface area (Å²) >= 11 is 0. The lowest BCUT2D eigenvalue weighted by Crippen LogP contribution is -2.51. The number of carboxylic acids is 1. The van der Waals surface area contributed by atoms with Crippen LogP contribution < -0.4 is 11.7 Å². The van der Waals surface area contributed by atoms with Gasteiger partial charge in [-0.25, -0.2) is 0 Å². The average Bonchev–Trinajstić information content (AvgIpc) is 2.54. The smallest absolute Gasteiger partial charge is 0.347 e. The van der Waals surface area contributed by atoms with E-state index in [4.69, 9.17) is 9.66 Å². The maximum atomic E-state index is 14.8. The number of nitrogens with two attached hydrogens (primary N) is 2. The van der Waals surface area contributed by atoms with Crippen LogP contribution >= 0.6 is 0 Å². The Labute approximate surface area is 142 Å². The van der Waals surface area contributed by atoms with Crippen LogP contribution in [0, 0.1) is 0 Å². The number of hydrazine groups is 1. The number of carbonyl (C=O) groups is 1. The Morgan fingerprint density at radius 2 is 1.68 bits per heavy atom. The monoisotopic (exact) mass is 377 g/mol. The van der Waals surface area contributed by atoms with Gasteiger partial charge >= 0.3 is 22.3 Å². The maximum Gasteiger partial charge on any atom is 0.347 e. The minimum Gasteiger partial charge on any atom is -0.480 e. The highest BCUT2D eigenvalue weighted by Gasteiger charge is 2.51. The lowest BCUT2D eigenvalue weighted by Gasteiger charge is -2.31. The summed E-state index contributed by atoms with van der Waals surface area (Å²) in [6.07, 6.45) is 0. The zero-order valence-electron chi connectivity index (χ0n) is 13.0. The van der Waals surface area contributed by atoms with Gasteiger partial charge in [-0.2, -0.15) is 17.2 Å². The van der Waals surface area contributed by atoms with Gasteiger partial charge in [-0.15, -0.1) is 0 Å². The van der Waals surface area contributed by atoms with E-state index >= 15 is 0 Å². The SMILES string of the molecule is C[C@@H](C(=O)O)N(C(F)(F)c1cccc2ccccc12)S(=O)(=O)O.NN. The van der Waals surface area contributed by atoms with Crippen molar-refractivity contribution in [2.75, 3.05) is 0 Å². The van der Waals surface area contributed by atoms with E-state index in [-0.39, 0.29) is 5.39 Å². The summed E-state index contributed by atoms with van der Waals surface area (Å²) in [6, 6.07) is 3.40. The number of rotatable bonds is 5. The number of benzene rings is 2. The van der Waals surface area contributed by atoms with Crippen molar-refractivity contribution in [1.82, 2.24) is 4.31 Å². The Morgan fingerprint density at radius 1 is 1.16 bits per heavy atom. The molecule has 8 nitrogen and oxygen atoms in total. The van der Waals surface area contributed by atoms with Crippen molar-refractivity contribution < 1.29 is 31.7 Å². The third kappa shape index (κ3) is 4.27. The third-order valence-electron chi connectivity index (χ3n) is 3.35. The molecule has 0 saturated carbocycles. The molecule has 0 heterocycles. The number of carboxylic acid groups (broad SMARTS) is 1. The second-order valence-corrected chi connectivity index (χ2v) is 6.14. The highest BCUT2D eigenvalue weighted by molar-refractivity contribution is 7.83. The van der Waals surface area contributed by atoms with Crippen molar-refractivity contribution in [3.8, 4) is 0 Å². The molecule has 0 amide bonds. The van der Waals surface area contributed by atoms with Crippen LogP contribution in [-0.2, 0) is 21.1 Å². The minimum atomic E-state index is -5.48. The van der Waals surface area contributed by atoms with Crippen molar-refractivity contribution in [2.45, 2.75) is 19.0 Å². The van der Waals surface area contributed by atoms with Crippen LogP contribution in [0.15, 0.2) is 42.5 Å². The lowest BCUT2D eigenvalue weighted by atomic mass is 10.0. The number of hydrogen-bond acceptors (Lipinski definition) is 5. The quantitative estimate of drug-likeness (QED) is 0.266. The number of nitrogens with zero attached hydrogens (tertiary/aromatic N) is 1. The standard InChI is InChI=1S/C14H13F2NO5S.H4N2/c1-9(13(18)19)17(23(20,21)22)14(15,16)12-8-4-6-10-5-2-3-7-11(10)12;1-2/h2-9H,1H3,(H,18,19)(H,20,21,22);1-2H2/t9-;/m0./s1. The molecule has 0 aliphatic carbocycles. The zero-order chi connectivity index (χ0) is 19.4. The largest absolute Gasteiger partial charge is 0.480 e. The second kappa shape index (κ2) is 7.80. The van der Waals surface area contributed by atoms with E-state index in [2.05, 4.69) is 11.7 Å². The van der Waals surface area contributed by atoms with E-state index in [0.29, 0.717) is 5.39 Å². The average molecular weight is 377 g/mol. The maximum absolute atomic E-state index is 14.8. The van der Waals surface area contributed by atoms with Crippen molar-refractivity contribution in [3.63, 3.8) is 0 Å². The highest BCUT2D eigenvalue weighted by Crippen LogP contribution is 2.39. The number of hydrogen-bond donors (Lipinski definition) is 4. The molecule has 0 saturated heterocycles. The fourth-order valence-electron chi connectivity index (χ4n) is 2.29. The van der Waals surface area contributed by atoms with Crippen LogP contribution in [0.4, 0.5) is 8.78 Å². The summed E-state index contributed by atoms with van der Waals surface area (Å²) in [5.41, 5.74) is -0.721. The van der Waals surface area contributed by atoms with E-state index in [0.717, 1.165) is 13.0 Å². The first kappa shape index (κ1) is 20.9. The normalized spacial score (nSPS) is 13.2. The van der Waals surface area contributed by atoms with Gasteiger partial charge in [0.2, 0.25) is 0 Å². The summed E-state index contributed by atoms with van der Waals surface area (Å²) in [6.45, 7) is 0.745. The molecule has 0 bridgehead atoms. The molecule has 0 spiro atoms. The van der Waals surface area contributed by atoms with Crippen LogP contribution in [-0.4, -0.2) is 34.4 Å². The summed E-state index contributed by atoms with van der Waals surface area (Å²) < 4.78 is 60.7. The predicted molar refractivity (Wildman–Crippen MR) is 86.7 cm³/mol. The topological polar surface area (TPSA) is 147 Å². The fraction of sp³-hybridized carbons (Fsp3) is 0.214. The van der Waals surface area contributed by atoms with Gasteiger partial charge in [0.1, 0.15) is 6.04 Å². The molecule has 0 unspecified atom stereocenters. The number of aliphatic carboxylic acids is 1. The van der Waals surface area contributed by atoms with E-state index in [1.165, 1.54) is 18.2 Å². The molecule has 25 heavy (non-hydrogen) atoms. The zero-order valence-corrected chi connectivity index (χ0v) is 13.8. The van der Waals surface area contributed by atoms with Crippen molar-refractivity contribution in [3.05, 3.63) is 48.0 Å². The Balaban J connectivity index is 0.00000151. The molecule has 2 aromatic rings. The molecule has 2 rings (SSSR count). The molecular weight excluding hydrogens is 360 g/mol. The van der Waals surface area contributed by atoms with E-state index < -0.39 is 38.2 Å². The molecule has 2 aromatic carbocycles. The molecule has 138 valence electrons. The van der Waals surface area contributed by atoms with Crippen LogP contribution in [0.25, 0.3) is 10.8 Å².